The Bertz CT molecular complexity index is 1150. The molecule has 10 heteroatoms. The van der Waals surface area contributed by atoms with Crippen LogP contribution in [0.15, 0.2) is 52.4 Å². The number of rotatable bonds is 4. The summed E-state index contributed by atoms with van der Waals surface area (Å²) >= 11 is 7.73. The van der Waals surface area contributed by atoms with E-state index in [1.807, 2.05) is 19.1 Å². The number of hydrogen-bond donors (Lipinski definition) is 0. The molecular weight excluding hydrogens is 470 g/mol. The van der Waals surface area contributed by atoms with Crippen LogP contribution in [0.25, 0.3) is 0 Å². The Labute approximate surface area is 197 Å². The van der Waals surface area contributed by atoms with Gasteiger partial charge in [-0.2, -0.15) is 4.31 Å². The van der Waals surface area contributed by atoms with E-state index in [-0.39, 0.29) is 10.8 Å². The van der Waals surface area contributed by atoms with Gasteiger partial charge in [0, 0.05) is 36.0 Å². The van der Waals surface area contributed by atoms with Crippen LogP contribution in [0.5, 0.6) is 0 Å². The topological polar surface area (TPSA) is 79.3 Å². The first-order valence-corrected chi connectivity index (χ1v) is 13.1. The summed E-state index contributed by atoms with van der Waals surface area (Å²) in [5.41, 5.74) is 1.95. The third-order valence-electron chi connectivity index (χ3n) is 5.30. The third kappa shape index (κ3) is 5.02. The number of amides is 1. The number of sulfonamides is 1. The van der Waals surface area contributed by atoms with Crippen molar-refractivity contribution in [1.29, 1.82) is 0 Å². The number of ether oxygens (including phenoxy) is 1. The van der Waals surface area contributed by atoms with Gasteiger partial charge >= 0.3 is 0 Å². The second-order valence-corrected chi connectivity index (χ2v) is 10.9. The van der Waals surface area contributed by atoms with Crippen molar-refractivity contribution in [2.75, 3.05) is 38.6 Å². The molecular formula is C22H24ClN3O4S2. The largest absolute Gasteiger partial charge is 0.379 e. The van der Waals surface area contributed by atoms with Crippen LogP contribution in [0.2, 0.25) is 5.02 Å². The predicted octanol–water partition coefficient (Wildman–Crippen LogP) is 3.94. The number of hydrogen-bond acceptors (Lipinski definition) is 6. The first kappa shape index (κ1) is 23.3. The monoisotopic (exact) mass is 493 g/mol. The van der Waals surface area contributed by atoms with Gasteiger partial charge in [0.1, 0.15) is 0 Å². The van der Waals surface area contributed by atoms with Gasteiger partial charge < -0.3 is 4.74 Å². The van der Waals surface area contributed by atoms with Crippen molar-refractivity contribution in [2.24, 2.45) is 4.99 Å². The summed E-state index contributed by atoms with van der Waals surface area (Å²) in [6.07, 6.45) is 0.829. The molecule has 0 aromatic heterocycles. The van der Waals surface area contributed by atoms with E-state index in [0.29, 0.717) is 54.3 Å². The van der Waals surface area contributed by atoms with Gasteiger partial charge in [0.05, 0.1) is 23.8 Å². The van der Waals surface area contributed by atoms with Crippen molar-refractivity contribution in [3.63, 3.8) is 0 Å². The van der Waals surface area contributed by atoms with Gasteiger partial charge in [0.2, 0.25) is 10.0 Å². The van der Waals surface area contributed by atoms with E-state index in [4.69, 9.17) is 16.3 Å². The Kier molecular flexibility index (Phi) is 7.21. The molecule has 1 amide bonds. The minimum Gasteiger partial charge on any atom is -0.379 e. The normalized spacial score (nSPS) is 19.3. The van der Waals surface area contributed by atoms with E-state index < -0.39 is 10.0 Å². The molecule has 170 valence electrons. The lowest BCUT2D eigenvalue weighted by Gasteiger charge is -2.28. The molecule has 0 spiro atoms. The zero-order chi connectivity index (χ0) is 22.7. The third-order valence-corrected chi connectivity index (χ3v) is 8.67. The van der Waals surface area contributed by atoms with Crippen molar-refractivity contribution in [1.82, 2.24) is 9.21 Å². The molecule has 2 saturated heterocycles. The van der Waals surface area contributed by atoms with Crippen LogP contribution in [0.3, 0.4) is 0 Å². The zero-order valence-electron chi connectivity index (χ0n) is 17.7. The minimum absolute atomic E-state index is 0.110. The van der Waals surface area contributed by atoms with Crippen LogP contribution >= 0.6 is 23.4 Å². The minimum atomic E-state index is -3.69. The number of thioether (sulfide) groups is 1. The Morgan fingerprint density at radius 1 is 1.12 bits per heavy atom. The molecule has 0 saturated carbocycles. The average Bonchev–Trinajstić information content (AvgIpc) is 2.82. The predicted molar refractivity (Wildman–Crippen MR) is 127 cm³/mol. The second-order valence-electron chi connectivity index (χ2n) is 7.53. The lowest BCUT2D eigenvalue weighted by atomic mass is 10.2. The molecule has 0 radical (unpaired) electrons. The van der Waals surface area contributed by atoms with Crippen molar-refractivity contribution < 1.29 is 17.9 Å². The standard InChI is InChI=1S/C22H24ClN3O4S2/c1-16-6-7-18(15-20(16)23)24-22-26(8-3-13-31-22)21(27)17-4-2-5-19(14-17)32(28,29)25-9-11-30-12-10-25/h2,4-7,14-15H,3,8-13H2,1H3. The summed E-state index contributed by atoms with van der Waals surface area (Å²) in [5.74, 6) is 0.585. The Morgan fingerprint density at radius 2 is 1.91 bits per heavy atom. The van der Waals surface area contributed by atoms with Crippen molar-refractivity contribution in [3.05, 3.63) is 58.6 Å². The molecule has 0 bridgehead atoms. The molecule has 2 aromatic rings. The van der Waals surface area contributed by atoms with Gasteiger partial charge in [-0.3, -0.25) is 9.69 Å². The highest BCUT2D eigenvalue weighted by atomic mass is 35.5. The number of morpholine rings is 1. The highest BCUT2D eigenvalue weighted by Crippen LogP contribution is 2.27. The van der Waals surface area contributed by atoms with Gasteiger partial charge in [0.25, 0.3) is 5.91 Å². The summed E-state index contributed by atoms with van der Waals surface area (Å²) in [5, 5.41) is 1.20. The number of aryl methyl sites for hydroxylation is 1. The lowest BCUT2D eigenvalue weighted by molar-refractivity contribution is 0.0730. The fraction of sp³-hybridized carbons (Fsp3) is 0.364. The molecule has 2 heterocycles. The number of aliphatic imine (C=N–C) groups is 1. The fourth-order valence-electron chi connectivity index (χ4n) is 3.48. The summed E-state index contributed by atoms with van der Waals surface area (Å²) in [6.45, 7) is 3.78. The maximum Gasteiger partial charge on any atom is 0.259 e. The van der Waals surface area contributed by atoms with Crippen molar-refractivity contribution >= 4 is 50.1 Å². The highest BCUT2D eigenvalue weighted by molar-refractivity contribution is 8.13. The first-order chi connectivity index (χ1) is 15.4. The smallest absolute Gasteiger partial charge is 0.259 e. The Hall–Kier alpha value is -1.91. The number of halogens is 1. The Morgan fingerprint density at radius 3 is 2.66 bits per heavy atom. The maximum atomic E-state index is 13.4. The average molecular weight is 494 g/mol. The van der Waals surface area contributed by atoms with E-state index in [0.717, 1.165) is 17.7 Å². The van der Waals surface area contributed by atoms with E-state index >= 15 is 0 Å². The SMILES string of the molecule is Cc1ccc(N=C2SCCCN2C(=O)c2cccc(S(=O)(=O)N3CCOCC3)c2)cc1Cl. The van der Waals surface area contributed by atoms with Gasteiger partial charge in [-0.15, -0.1) is 0 Å². The molecule has 2 fully saturated rings. The molecule has 2 aliphatic rings. The van der Waals surface area contributed by atoms with Crippen LogP contribution in [-0.4, -0.2) is 67.3 Å². The summed E-state index contributed by atoms with van der Waals surface area (Å²) in [4.78, 5) is 19.7. The van der Waals surface area contributed by atoms with Crippen LogP contribution in [-0.2, 0) is 14.8 Å². The summed E-state index contributed by atoms with van der Waals surface area (Å²) in [7, 11) is -3.69. The fourth-order valence-corrected chi connectivity index (χ4v) is 6.07. The number of nitrogens with zero attached hydrogens (tertiary/aromatic N) is 3. The van der Waals surface area contributed by atoms with E-state index in [9.17, 15) is 13.2 Å². The highest BCUT2D eigenvalue weighted by Gasteiger charge is 2.29. The number of benzene rings is 2. The van der Waals surface area contributed by atoms with Crippen molar-refractivity contribution in [3.8, 4) is 0 Å². The van der Waals surface area contributed by atoms with Crippen LogP contribution in [0, 0.1) is 6.92 Å². The van der Waals surface area contributed by atoms with Crippen LogP contribution in [0.4, 0.5) is 5.69 Å². The molecule has 32 heavy (non-hydrogen) atoms. The quantitative estimate of drug-likeness (QED) is 0.644. The molecule has 0 unspecified atom stereocenters. The maximum absolute atomic E-state index is 13.4. The second kappa shape index (κ2) is 9.93. The van der Waals surface area contributed by atoms with Gasteiger partial charge in [-0.1, -0.05) is 35.5 Å². The molecule has 7 nitrogen and oxygen atoms in total. The summed E-state index contributed by atoms with van der Waals surface area (Å²) in [6, 6.07) is 11.7. The van der Waals surface area contributed by atoms with E-state index in [2.05, 4.69) is 4.99 Å². The molecule has 0 aliphatic carbocycles. The van der Waals surface area contributed by atoms with Crippen LogP contribution in [0.1, 0.15) is 22.3 Å². The molecule has 0 N–H and O–H groups in total. The number of carbonyl (C=O) groups excluding carboxylic acids is 1. The molecule has 0 atom stereocenters. The van der Waals surface area contributed by atoms with E-state index in [1.54, 1.807) is 23.1 Å². The van der Waals surface area contributed by atoms with E-state index in [1.165, 1.54) is 28.2 Å². The molecule has 2 aliphatic heterocycles. The van der Waals surface area contributed by atoms with Gasteiger partial charge in [-0.05, 0) is 49.2 Å². The first-order valence-electron chi connectivity index (χ1n) is 10.3. The molecule has 4 rings (SSSR count). The zero-order valence-corrected chi connectivity index (χ0v) is 20.0. The van der Waals surface area contributed by atoms with Crippen molar-refractivity contribution in [2.45, 2.75) is 18.2 Å². The van der Waals surface area contributed by atoms with Gasteiger partial charge in [0.15, 0.2) is 5.17 Å². The Balaban J connectivity index is 1.61. The number of amidine groups is 1. The summed E-state index contributed by atoms with van der Waals surface area (Å²) < 4.78 is 32.7. The number of carbonyl (C=O) groups is 1. The van der Waals surface area contributed by atoms with Gasteiger partial charge in [-0.25, -0.2) is 13.4 Å². The molecule has 2 aromatic carbocycles. The van der Waals surface area contributed by atoms with Crippen LogP contribution < -0.4 is 0 Å². The lowest BCUT2D eigenvalue weighted by Crippen LogP contribution is -2.41.